The number of hydrogen-bond donors (Lipinski definition) is 1. The summed E-state index contributed by atoms with van der Waals surface area (Å²) >= 11 is 0. The fourth-order valence-electron chi connectivity index (χ4n) is 3.22. The van der Waals surface area contributed by atoms with E-state index in [1.54, 1.807) is 6.92 Å². The van der Waals surface area contributed by atoms with Crippen molar-refractivity contribution in [3.63, 3.8) is 0 Å². The van der Waals surface area contributed by atoms with Gasteiger partial charge in [0.2, 0.25) is 5.91 Å². The van der Waals surface area contributed by atoms with Crippen LogP contribution in [0.1, 0.15) is 36.0 Å². The number of rotatable bonds is 2. The third-order valence-electron chi connectivity index (χ3n) is 4.03. The van der Waals surface area contributed by atoms with Crippen LogP contribution in [0.4, 0.5) is 0 Å². The van der Waals surface area contributed by atoms with E-state index in [-0.39, 0.29) is 11.9 Å². The highest BCUT2D eigenvalue weighted by atomic mass is 16.1. The first-order valence-electron chi connectivity index (χ1n) is 7.14. The third-order valence-corrected chi connectivity index (χ3v) is 4.03. The summed E-state index contributed by atoms with van der Waals surface area (Å²) in [6.07, 6.45) is 1.90. The van der Waals surface area contributed by atoms with E-state index in [9.17, 15) is 4.79 Å². The SMILES string of the molecule is CC(=O)N[C@H]1Cc2ccccc2[C@H](c2ccccc2)C1. The van der Waals surface area contributed by atoms with Crippen molar-refractivity contribution >= 4 is 5.91 Å². The van der Waals surface area contributed by atoms with Crippen LogP contribution in [0, 0.1) is 0 Å². The van der Waals surface area contributed by atoms with E-state index in [0.717, 1.165) is 12.8 Å². The van der Waals surface area contributed by atoms with E-state index in [0.29, 0.717) is 5.92 Å². The summed E-state index contributed by atoms with van der Waals surface area (Å²) in [5.74, 6) is 0.430. The number of benzene rings is 2. The molecule has 2 aromatic rings. The quantitative estimate of drug-likeness (QED) is 0.887. The molecule has 0 radical (unpaired) electrons. The molecular weight excluding hydrogens is 246 g/mol. The second-order valence-electron chi connectivity index (χ2n) is 5.50. The minimum Gasteiger partial charge on any atom is -0.353 e. The van der Waals surface area contributed by atoms with Crippen LogP contribution in [0.25, 0.3) is 0 Å². The van der Waals surface area contributed by atoms with Crippen LogP contribution in [-0.4, -0.2) is 11.9 Å². The van der Waals surface area contributed by atoms with Crippen LogP contribution in [0.15, 0.2) is 54.6 Å². The average molecular weight is 265 g/mol. The monoisotopic (exact) mass is 265 g/mol. The van der Waals surface area contributed by atoms with Gasteiger partial charge in [-0.15, -0.1) is 0 Å². The van der Waals surface area contributed by atoms with E-state index >= 15 is 0 Å². The van der Waals surface area contributed by atoms with Crippen LogP contribution in [0.2, 0.25) is 0 Å². The van der Waals surface area contributed by atoms with Gasteiger partial charge in [0.1, 0.15) is 0 Å². The first kappa shape index (κ1) is 12.9. The van der Waals surface area contributed by atoms with Gasteiger partial charge in [-0.25, -0.2) is 0 Å². The van der Waals surface area contributed by atoms with Crippen LogP contribution >= 0.6 is 0 Å². The second-order valence-corrected chi connectivity index (χ2v) is 5.50. The van der Waals surface area contributed by atoms with Crippen LogP contribution in [0.3, 0.4) is 0 Å². The predicted octanol–water partition coefficient (Wildman–Crippen LogP) is 3.27. The Bertz CT molecular complexity index is 606. The lowest BCUT2D eigenvalue weighted by molar-refractivity contribution is -0.119. The highest BCUT2D eigenvalue weighted by Crippen LogP contribution is 2.36. The number of carbonyl (C=O) groups excluding carboxylic acids is 1. The maximum Gasteiger partial charge on any atom is 0.217 e. The summed E-state index contributed by atoms with van der Waals surface area (Å²) in [7, 11) is 0. The van der Waals surface area contributed by atoms with Crippen molar-refractivity contribution in [3.8, 4) is 0 Å². The standard InChI is InChI=1S/C18H19NO/c1-13(20)19-16-11-15-9-5-6-10-17(15)18(12-16)14-7-3-2-4-8-14/h2-10,16,18H,11-12H2,1H3,(H,19,20)/t16-,18-/m0/s1. The van der Waals surface area contributed by atoms with Gasteiger partial charge in [0.25, 0.3) is 0 Å². The molecule has 0 unspecified atom stereocenters. The minimum atomic E-state index is 0.0567. The Labute approximate surface area is 119 Å². The van der Waals surface area contributed by atoms with Gasteiger partial charge in [-0.3, -0.25) is 4.79 Å². The maximum absolute atomic E-state index is 11.4. The molecule has 2 nitrogen and oxygen atoms in total. The van der Waals surface area contributed by atoms with Crippen LogP contribution in [0.5, 0.6) is 0 Å². The lowest BCUT2D eigenvalue weighted by atomic mass is 9.77. The Kier molecular flexibility index (Phi) is 3.55. The molecule has 2 atom stereocenters. The summed E-state index contributed by atoms with van der Waals surface area (Å²) in [6.45, 7) is 1.60. The molecule has 0 aromatic heterocycles. The van der Waals surface area contributed by atoms with Crippen molar-refractivity contribution in [2.24, 2.45) is 0 Å². The number of carbonyl (C=O) groups is 1. The van der Waals surface area contributed by atoms with E-state index in [4.69, 9.17) is 0 Å². The molecule has 0 saturated heterocycles. The molecule has 1 aliphatic rings. The highest BCUT2D eigenvalue weighted by Gasteiger charge is 2.27. The zero-order chi connectivity index (χ0) is 13.9. The molecule has 3 rings (SSSR count). The van der Waals surface area contributed by atoms with E-state index < -0.39 is 0 Å². The van der Waals surface area contributed by atoms with Gasteiger partial charge in [0, 0.05) is 18.9 Å². The summed E-state index contributed by atoms with van der Waals surface area (Å²) in [4.78, 5) is 11.4. The Morgan fingerprint density at radius 3 is 2.50 bits per heavy atom. The molecule has 0 heterocycles. The van der Waals surface area contributed by atoms with Crippen molar-refractivity contribution in [3.05, 3.63) is 71.3 Å². The van der Waals surface area contributed by atoms with Crippen molar-refractivity contribution < 1.29 is 4.79 Å². The first-order valence-corrected chi connectivity index (χ1v) is 7.14. The van der Waals surface area contributed by atoms with Crippen molar-refractivity contribution in [1.82, 2.24) is 5.32 Å². The highest BCUT2D eigenvalue weighted by molar-refractivity contribution is 5.73. The molecule has 1 N–H and O–H groups in total. The smallest absolute Gasteiger partial charge is 0.217 e. The van der Waals surface area contributed by atoms with Gasteiger partial charge in [0.15, 0.2) is 0 Å². The summed E-state index contributed by atoms with van der Waals surface area (Å²) < 4.78 is 0. The molecule has 102 valence electrons. The average Bonchev–Trinajstić information content (AvgIpc) is 2.47. The topological polar surface area (TPSA) is 29.1 Å². The van der Waals surface area contributed by atoms with E-state index in [1.807, 2.05) is 6.07 Å². The second kappa shape index (κ2) is 5.49. The molecule has 20 heavy (non-hydrogen) atoms. The molecule has 0 saturated carbocycles. The van der Waals surface area contributed by atoms with E-state index in [2.05, 4.69) is 53.8 Å². The zero-order valence-corrected chi connectivity index (χ0v) is 11.7. The number of amides is 1. The number of fused-ring (bicyclic) bond motifs is 1. The molecule has 0 fully saturated rings. The Morgan fingerprint density at radius 2 is 1.75 bits per heavy atom. The molecule has 0 bridgehead atoms. The van der Waals surface area contributed by atoms with Gasteiger partial charge < -0.3 is 5.32 Å². The zero-order valence-electron chi connectivity index (χ0n) is 11.7. The predicted molar refractivity (Wildman–Crippen MR) is 80.7 cm³/mol. The Hall–Kier alpha value is -2.09. The van der Waals surface area contributed by atoms with Crippen molar-refractivity contribution in [2.45, 2.75) is 31.7 Å². The van der Waals surface area contributed by atoms with Gasteiger partial charge in [0.05, 0.1) is 0 Å². The summed E-state index contributed by atoms with van der Waals surface area (Å²) in [5.41, 5.74) is 4.08. The summed E-state index contributed by atoms with van der Waals surface area (Å²) in [5, 5.41) is 3.08. The largest absolute Gasteiger partial charge is 0.353 e. The summed E-state index contributed by atoms with van der Waals surface area (Å²) in [6, 6.07) is 19.4. The Morgan fingerprint density at radius 1 is 1.05 bits per heavy atom. The fourth-order valence-corrected chi connectivity index (χ4v) is 3.22. The van der Waals surface area contributed by atoms with Gasteiger partial charge in [-0.05, 0) is 29.5 Å². The van der Waals surface area contributed by atoms with Crippen molar-refractivity contribution in [1.29, 1.82) is 0 Å². The number of nitrogens with one attached hydrogen (secondary N) is 1. The minimum absolute atomic E-state index is 0.0567. The molecule has 0 aliphatic heterocycles. The number of hydrogen-bond acceptors (Lipinski definition) is 1. The van der Waals surface area contributed by atoms with E-state index in [1.165, 1.54) is 16.7 Å². The molecule has 2 aromatic carbocycles. The van der Waals surface area contributed by atoms with Gasteiger partial charge >= 0.3 is 0 Å². The lowest BCUT2D eigenvalue weighted by Gasteiger charge is -2.32. The molecular formula is C18H19NO. The maximum atomic E-state index is 11.4. The normalized spacial score (nSPS) is 21.1. The fraction of sp³-hybridized carbons (Fsp3) is 0.278. The third kappa shape index (κ3) is 2.60. The van der Waals surface area contributed by atoms with Crippen molar-refractivity contribution in [2.75, 3.05) is 0 Å². The van der Waals surface area contributed by atoms with Crippen LogP contribution < -0.4 is 5.32 Å². The Balaban J connectivity index is 1.97. The van der Waals surface area contributed by atoms with Gasteiger partial charge in [-0.2, -0.15) is 0 Å². The van der Waals surface area contributed by atoms with Crippen LogP contribution in [-0.2, 0) is 11.2 Å². The molecule has 2 heteroatoms. The van der Waals surface area contributed by atoms with Gasteiger partial charge in [-0.1, -0.05) is 54.6 Å². The lowest BCUT2D eigenvalue weighted by Crippen LogP contribution is -2.39. The molecule has 0 spiro atoms. The molecule has 1 amide bonds. The molecule has 1 aliphatic carbocycles. The first-order chi connectivity index (χ1) is 9.74.